The predicted molar refractivity (Wildman–Crippen MR) is 112 cm³/mol. The number of carbonyl (C=O) groups is 1. The van der Waals surface area contributed by atoms with Gasteiger partial charge in [-0.25, -0.2) is 0 Å². The number of amides is 1. The van der Waals surface area contributed by atoms with Crippen LogP contribution in [0.5, 0.6) is 0 Å². The zero-order valence-corrected chi connectivity index (χ0v) is 17.0. The second kappa shape index (κ2) is 10.7. The molecule has 2 atom stereocenters. The molecule has 0 saturated carbocycles. The third kappa shape index (κ3) is 6.11. The normalized spacial score (nSPS) is 17.1. The van der Waals surface area contributed by atoms with Crippen LogP contribution in [0.4, 0.5) is 0 Å². The molecule has 26 heavy (non-hydrogen) atoms. The van der Waals surface area contributed by atoms with Crippen LogP contribution in [0.15, 0.2) is 47.8 Å². The monoisotopic (exact) mass is 392 g/mol. The summed E-state index contributed by atoms with van der Waals surface area (Å²) in [5.74, 6) is 1.30. The first-order valence-electron chi connectivity index (χ1n) is 9.30. The Morgan fingerprint density at radius 2 is 1.92 bits per heavy atom. The summed E-state index contributed by atoms with van der Waals surface area (Å²) in [5, 5.41) is 8.78. The summed E-state index contributed by atoms with van der Waals surface area (Å²) in [6.45, 7) is 4.40. The molecule has 1 aliphatic rings. The lowest BCUT2D eigenvalue weighted by Gasteiger charge is -2.28. The first-order chi connectivity index (χ1) is 12.2. The van der Waals surface area contributed by atoms with E-state index in [0.29, 0.717) is 18.3 Å². The molecule has 2 N–H and O–H groups in total. The van der Waals surface area contributed by atoms with Crippen LogP contribution in [0, 0.1) is 11.8 Å². The number of hydrogen-bond acceptors (Lipinski definition) is 3. The largest absolute Gasteiger partial charge is 0.348 e. The molecule has 1 saturated heterocycles. The molecule has 3 rings (SSSR count). The summed E-state index contributed by atoms with van der Waals surface area (Å²) in [7, 11) is 0. The Labute approximate surface area is 167 Å². The van der Waals surface area contributed by atoms with E-state index in [9.17, 15) is 4.79 Å². The molecule has 0 aliphatic carbocycles. The zero-order chi connectivity index (χ0) is 17.5. The molecular formula is C21H29ClN2OS. The van der Waals surface area contributed by atoms with Crippen molar-refractivity contribution in [2.75, 3.05) is 13.1 Å². The van der Waals surface area contributed by atoms with Crippen molar-refractivity contribution in [3.63, 3.8) is 0 Å². The average molecular weight is 393 g/mol. The summed E-state index contributed by atoms with van der Waals surface area (Å²) in [5.41, 5.74) is 1.26. The van der Waals surface area contributed by atoms with Crippen LogP contribution < -0.4 is 10.6 Å². The molecule has 1 amide bonds. The molecule has 0 radical (unpaired) electrons. The van der Waals surface area contributed by atoms with Gasteiger partial charge in [0.05, 0.1) is 6.04 Å². The fourth-order valence-electron chi connectivity index (χ4n) is 3.69. The van der Waals surface area contributed by atoms with Crippen molar-refractivity contribution >= 4 is 29.7 Å². The van der Waals surface area contributed by atoms with Gasteiger partial charge in [0.1, 0.15) is 0 Å². The molecule has 3 nitrogen and oxygen atoms in total. The number of benzene rings is 1. The number of rotatable bonds is 7. The highest BCUT2D eigenvalue weighted by molar-refractivity contribution is 7.10. The lowest BCUT2D eigenvalue weighted by molar-refractivity contribution is -0.123. The van der Waals surface area contributed by atoms with Crippen molar-refractivity contribution in [2.24, 2.45) is 11.8 Å². The molecule has 5 heteroatoms. The van der Waals surface area contributed by atoms with Crippen LogP contribution in [-0.2, 0) is 11.2 Å². The smallest absolute Gasteiger partial charge is 0.220 e. The molecule has 1 fully saturated rings. The highest BCUT2D eigenvalue weighted by Crippen LogP contribution is 2.26. The molecule has 2 aromatic rings. The van der Waals surface area contributed by atoms with E-state index >= 15 is 0 Å². The van der Waals surface area contributed by atoms with E-state index in [0.717, 1.165) is 19.5 Å². The van der Waals surface area contributed by atoms with E-state index in [-0.39, 0.29) is 24.4 Å². The van der Waals surface area contributed by atoms with Gasteiger partial charge in [-0.15, -0.1) is 23.7 Å². The van der Waals surface area contributed by atoms with Gasteiger partial charge in [0, 0.05) is 11.3 Å². The maximum absolute atomic E-state index is 12.7. The molecule has 2 heterocycles. The number of carbonyl (C=O) groups excluding carboxylic acids is 1. The van der Waals surface area contributed by atoms with Crippen molar-refractivity contribution in [1.29, 1.82) is 0 Å². The van der Waals surface area contributed by atoms with Gasteiger partial charge in [0.15, 0.2) is 0 Å². The topological polar surface area (TPSA) is 41.1 Å². The average Bonchev–Trinajstić information content (AvgIpc) is 3.17. The summed E-state index contributed by atoms with van der Waals surface area (Å²) in [6.07, 6.45) is 3.84. The number of thiophene rings is 1. The number of piperidine rings is 1. The van der Waals surface area contributed by atoms with Crippen molar-refractivity contribution in [3.8, 4) is 0 Å². The quantitative estimate of drug-likeness (QED) is 0.723. The summed E-state index contributed by atoms with van der Waals surface area (Å²) < 4.78 is 0. The maximum atomic E-state index is 12.7. The Hall–Kier alpha value is -1.36. The van der Waals surface area contributed by atoms with Gasteiger partial charge in [0.25, 0.3) is 0 Å². The Balaban J connectivity index is 0.00000243. The highest BCUT2D eigenvalue weighted by Gasteiger charge is 2.23. The van der Waals surface area contributed by atoms with Gasteiger partial charge in [-0.1, -0.05) is 43.3 Å². The Morgan fingerprint density at radius 1 is 1.19 bits per heavy atom. The Morgan fingerprint density at radius 3 is 2.58 bits per heavy atom. The van der Waals surface area contributed by atoms with Gasteiger partial charge in [-0.2, -0.15) is 0 Å². The van der Waals surface area contributed by atoms with Crippen molar-refractivity contribution < 1.29 is 4.79 Å². The van der Waals surface area contributed by atoms with Crippen LogP contribution >= 0.6 is 23.7 Å². The number of nitrogens with one attached hydrogen (secondary N) is 2. The highest BCUT2D eigenvalue weighted by atomic mass is 35.5. The minimum atomic E-state index is 0. The van der Waals surface area contributed by atoms with E-state index < -0.39 is 0 Å². The molecule has 1 aliphatic heterocycles. The number of halogens is 1. The van der Waals surface area contributed by atoms with Gasteiger partial charge in [0.2, 0.25) is 5.91 Å². The molecule has 1 aromatic heterocycles. The van der Waals surface area contributed by atoms with Crippen LogP contribution in [0.2, 0.25) is 0 Å². The molecule has 142 valence electrons. The second-order valence-electron chi connectivity index (χ2n) is 7.09. The van der Waals surface area contributed by atoms with E-state index in [1.54, 1.807) is 11.3 Å². The van der Waals surface area contributed by atoms with Gasteiger partial charge in [-0.3, -0.25) is 4.79 Å². The maximum Gasteiger partial charge on any atom is 0.220 e. The summed E-state index contributed by atoms with van der Waals surface area (Å²) in [6, 6.07) is 14.6. The first kappa shape index (κ1) is 20.9. The van der Waals surface area contributed by atoms with Crippen LogP contribution in [0.1, 0.15) is 42.7 Å². The van der Waals surface area contributed by atoms with E-state index in [2.05, 4.69) is 59.3 Å². The zero-order valence-electron chi connectivity index (χ0n) is 15.3. The minimum Gasteiger partial charge on any atom is -0.348 e. The standard InChI is InChI=1S/C21H28N2OS.ClH/c1-16(18-9-11-22-12-10-18)14-21(24)23-19(20-8-5-13-25-20)15-17-6-3-2-4-7-17;/h2-8,13,16,18-19,22H,9-12,14-15H2,1H3,(H,23,24);1H. The van der Waals surface area contributed by atoms with Crippen LogP contribution in [-0.4, -0.2) is 19.0 Å². The molecule has 0 spiro atoms. The fourth-order valence-corrected chi connectivity index (χ4v) is 4.47. The fraction of sp³-hybridized carbons (Fsp3) is 0.476. The lowest BCUT2D eigenvalue weighted by atomic mass is 9.84. The summed E-state index contributed by atoms with van der Waals surface area (Å²) in [4.78, 5) is 13.9. The van der Waals surface area contributed by atoms with Gasteiger partial charge < -0.3 is 10.6 Å². The van der Waals surface area contributed by atoms with Crippen LogP contribution in [0.25, 0.3) is 0 Å². The molecule has 2 unspecified atom stereocenters. The SMILES string of the molecule is CC(CC(=O)NC(Cc1ccccc1)c1cccs1)C1CCNCC1.Cl. The van der Waals surface area contributed by atoms with Crippen molar-refractivity contribution in [1.82, 2.24) is 10.6 Å². The Bertz CT molecular complexity index is 641. The molecule has 0 bridgehead atoms. The minimum absolute atomic E-state index is 0. The lowest BCUT2D eigenvalue weighted by Crippen LogP contribution is -2.35. The number of hydrogen-bond donors (Lipinski definition) is 2. The Kier molecular flexibility index (Phi) is 8.63. The third-order valence-corrected chi connectivity index (χ3v) is 6.19. The van der Waals surface area contributed by atoms with Crippen molar-refractivity contribution in [2.45, 2.75) is 38.6 Å². The van der Waals surface area contributed by atoms with Gasteiger partial charge in [-0.05, 0) is 61.2 Å². The first-order valence-corrected chi connectivity index (χ1v) is 10.2. The van der Waals surface area contributed by atoms with Crippen molar-refractivity contribution in [3.05, 3.63) is 58.3 Å². The van der Waals surface area contributed by atoms with E-state index in [1.807, 2.05) is 6.07 Å². The summed E-state index contributed by atoms with van der Waals surface area (Å²) >= 11 is 1.72. The molecular weight excluding hydrogens is 364 g/mol. The van der Waals surface area contributed by atoms with Gasteiger partial charge >= 0.3 is 0 Å². The third-order valence-electron chi connectivity index (χ3n) is 5.20. The predicted octanol–water partition coefficient (Wildman–Crippen LogP) is 4.60. The van der Waals surface area contributed by atoms with Crippen LogP contribution in [0.3, 0.4) is 0 Å². The molecule has 1 aromatic carbocycles. The second-order valence-corrected chi connectivity index (χ2v) is 8.07. The van der Waals surface area contributed by atoms with E-state index in [1.165, 1.54) is 23.3 Å². The van der Waals surface area contributed by atoms with E-state index in [4.69, 9.17) is 0 Å².